The minimum Gasteiger partial charge on any atom is -0.464 e. The van der Waals surface area contributed by atoms with Gasteiger partial charge in [-0.3, -0.25) is 4.79 Å². The van der Waals surface area contributed by atoms with E-state index in [4.69, 9.17) is 4.74 Å². The van der Waals surface area contributed by atoms with Crippen LogP contribution in [0.15, 0.2) is 0 Å². The molecular formula is C16H28N2O3. The standard InChI is InChI=1S/C16H28N2O3/c1-4-21-15(20)16(8-5-9-16)17-14(19)13-6-10-18(11-7-13)12(2)3/h12-13H,4-11H2,1-3H3,(H,17,19). The molecule has 1 aliphatic heterocycles. The summed E-state index contributed by atoms with van der Waals surface area (Å²) in [5.74, 6) is -0.192. The van der Waals surface area contributed by atoms with E-state index in [0.29, 0.717) is 25.5 Å². The zero-order valence-electron chi connectivity index (χ0n) is 13.5. The first-order chi connectivity index (χ1) is 9.98. The molecule has 0 unspecified atom stereocenters. The van der Waals surface area contributed by atoms with Gasteiger partial charge in [-0.2, -0.15) is 0 Å². The fraction of sp³-hybridized carbons (Fsp3) is 0.875. The predicted octanol–water partition coefficient (Wildman–Crippen LogP) is 1.71. The SMILES string of the molecule is CCOC(=O)C1(NC(=O)C2CCN(C(C)C)CC2)CCC1. The third-order valence-electron chi connectivity index (χ3n) is 4.87. The molecule has 120 valence electrons. The Bertz CT molecular complexity index is 383. The second kappa shape index (κ2) is 6.77. The van der Waals surface area contributed by atoms with Crippen molar-refractivity contribution in [3.8, 4) is 0 Å². The van der Waals surface area contributed by atoms with Gasteiger partial charge in [0, 0.05) is 12.0 Å². The Labute approximate surface area is 127 Å². The Morgan fingerprint density at radius 3 is 2.33 bits per heavy atom. The molecule has 1 heterocycles. The first kappa shape index (κ1) is 16.3. The Morgan fingerprint density at radius 2 is 1.90 bits per heavy atom. The van der Waals surface area contributed by atoms with Crippen molar-refractivity contribution in [3.05, 3.63) is 0 Å². The molecular weight excluding hydrogens is 268 g/mol. The Morgan fingerprint density at radius 1 is 1.29 bits per heavy atom. The molecule has 0 aromatic carbocycles. The van der Waals surface area contributed by atoms with Gasteiger partial charge in [0.05, 0.1) is 6.61 Å². The number of esters is 1. The van der Waals surface area contributed by atoms with Crippen LogP contribution >= 0.6 is 0 Å². The summed E-state index contributed by atoms with van der Waals surface area (Å²) >= 11 is 0. The number of hydrogen-bond donors (Lipinski definition) is 1. The van der Waals surface area contributed by atoms with Crippen LogP contribution in [0.1, 0.15) is 52.9 Å². The van der Waals surface area contributed by atoms with Gasteiger partial charge in [0.25, 0.3) is 0 Å². The van der Waals surface area contributed by atoms with E-state index in [1.807, 2.05) is 0 Å². The van der Waals surface area contributed by atoms with E-state index in [1.165, 1.54) is 0 Å². The number of carbonyl (C=O) groups excluding carboxylic acids is 2. The van der Waals surface area contributed by atoms with Crippen LogP contribution in [0.2, 0.25) is 0 Å². The van der Waals surface area contributed by atoms with Crippen LogP contribution in [0.5, 0.6) is 0 Å². The summed E-state index contributed by atoms with van der Waals surface area (Å²) < 4.78 is 5.12. The van der Waals surface area contributed by atoms with Crippen LogP contribution in [-0.4, -0.2) is 48.1 Å². The molecule has 2 aliphatic rings. The topological polar surface area (TPSA) is 58.6 Å². The predicted molar refractivity (Wildman–Crippen MR) is 80.8 cm³/mol. The summed E-state index contributed by atoms with van der Waals surface area (Å²) in [7, 11) is 0. The molecule has 2 rings (SSSR count). The van der Waals surface area contributed by atoms with Crippen molar-refractivity contribution in [1.82, 2.24) is 10.2 Å². The van der Waals surface area contributed by atoms with Crippen LogP contribution in [0.4, 0.5) is 0 Å². The van der Waals surface area contributed by atoms with E-state index in [1.54, 1.807) is 6.92 Å². The van der Waals surface area contributed by atoms with Gasteiger partial charge in [0.1, 0.15) is 5.54 Å². The van der Waals surface area contributed by atoms with Gasteiger partial charge >= 0.3 is 5.97 Å². The molecule has 0 atom stereocenters. The van der Waals surface area contributed by atoms with Crippen LogP contribution in [0, 0.1) is 5.92 Å². The highest BCUT2D eigenvalue weighted by molar-refractivity contribution is 5.89. The van der Waals surface area contributed by atoms with E-state index >= 15 is 0 Å². The largest absolute Gasteiger partial charge is 0.464 e. The van der Waals surface area contributed by atoms with E-state index in [0.717, 1.165) is 32.4 Å². The summed E-state index contributed by atoms with van der Waals surface area (Å²) in [4.78, 5) is 26.9. The first-order valence-corrected chi connectivity index (χ1v) is 8.22. The molecule has 2 fully saturated rings. The maximum absolute atomic E-state index is 12.5. The van der Waals surface area contributed by atoms with E-state index in [-0.39, 0.29) is 17.8 Å². The van der Waals surface area contributed by atoms with Crippen molar-refractivity contribution in [2.75, 3.05) is 19.7 Å². The lowest BCUT2D eigenvalue weighted by molar-refractivity contribution is -0.158. The van der Waals surface area contributed by atoms with Gasteiger partial charge < -0.3 is 15.0 Å². The average molecular weight is 296 g/mol. The number of piperidine rings is 1. The zero-order chi connectivity index (χ0) is 15.5. The lowest BCUT2D eigenvalue weighted by atomic mass is 9.76. The quantitative estimate of drug-likeness (QED) is 0.785. The van der Waals surface area contributed by atoms with Gasteiger partial charge in [-0.15, -0.1) is 0 Å². The minimum absolute atomic E-state index is 0.0335. The van der Waals surface area contributed by atoms with Crippen molar-refractivity contribution in [3.63, 3.8) is 0 Å². The molecule has 0 bridgehead atoms. The molecule has 0 radical (unpaired) electrons. The monoisotopic (exact) mass is 296 g/mol. The minimum atomic E-state index is -0.734. The number of ether oxygens (including phenoxy) is 1. The number of rotatable bonds is 5. The molecule has 0 spiro atoms. The lowest BCUT2D eigenvalue weighted by Crippen LogP contribution is -2.61. The second-order valence-corrected chi connectivity index (χ2v) is 6.55. The lowest BCUT2D eigenvalue weighted by Gasteiger charge is -2.41. The summed E-state index contributed by atoms with van der Waals surface area (Å²) in [5, 5.41) is 3.00. The molecule has 21 heavy (non-hydrogen) atoms. The number of carbonyl (C=O) groups is 2. The maximum atomic E-state index is 12.5. The smallest absolute Gasteiger partial charge is 0.331 e. The summed E-state index contributed by atoms with van der Waals surface area (Å²) in [6.45, 7) is 8.45. The van der Waals surface area contributed by atoms with E-state index < -0.39 is 5.54 Å². The first-order valence-electron chi connectivity index (χ1n) is 8.22. The fourth-order valence-electron chi connectivity index (χ4n) is 3.20. The highest BCUT2D eigenvalue weighted by atomic mass is 16.5. The molecule has 5 nitrogen and oxygen atoms in total. The Hall–Kier alpha value is -1.10. The van der Waals surface area contributed by atoms with Crippen molar-refractivity contribution >= 4 is 11.9 Å². The van der Waals surface area contributed by atoms with Gasteiger partial charge in [0.15, 0.2) is 0 Å². The van der Waals surface area contributed by atoms with Crippen LogP contribution in [0.25, 0.3) is 0 Å². The summed E-state index contributed by atoms with van der Waals surface area (Å²) in [6, 6.07) is 0.534. The molecule has 1 aliphatic carbocycles. The van der Waals surface area contributed by atoms with Gasteiger partial charge in [-0.25, -0.2) is 4.79 Å². The molecule has 1 saturated heterocycles. The number of nitrogens with one attached hydrogen (secondary N) is 1. The van der Waals surface area contributed by atoms with Crippen molar-refractivity contribution in [2.45, 2.75) is 64.5 Å². The third kappa shape index (κ3) is 3.57. The van der Waals surface area contributed by atoms with Crippen LogP contribution in [0.3, 0.4) is 0 Å². The molecule has 1 amide bonds. The summed E-state index contributed by atoms with van der Waals surface area (Å²) in [5.41, 5.74) is -0.734. The van der Waals surface area contributed by atoms with Crippen LogP contribution in [-0.2, 0) is 14.3 Å². The Kier molecular flexibility index (Phi) is 5.25. The van der Waals surface area contributed by atoms with Crippen molar-refractivity contribution in [2.24, 2.45) is 5.92 Å². The number of likely N-dealkylation sites (tertiary alicyclic amines) is 1. The molecule has 1 saturated carbocycles. The van der Waals surface area contributed by atoms with Crippen LogP contribution < -0.4 is 5.32 Å². The second-order valence-electron chi connectivity index (χ2n) is 6.55. The molecule has 0 aromatic rings. The van der Waals surface area contributed by atoms with Gasteiger partial charge in [0.2, 0.25) is 5.91 Å². The molecule has 1 N–H and O–H groups in total. The van der Waals surface area contributed by atoms with Gasteiger partial charge in [-0.05, 0) is 66.0 Å². The van der Waals surface area contributed by atoms with E-state index in [9.17, 15) is 9.59 Å². The molecule has 5 heteroatoms. The van der Waals surface area contributed by atoms with Crippen molar-refractivity contribution in [1.29, 1.82) is 0 Å². The number of hydrogen-bond acceptors (Lipinski definition) is 4. The van der Waals surface area contributed by atoms with Crippen molar-refractivity contribution < 1.29 is 14.3 Å². The normalized spacial score (nSPS) is 22.7. The van der Waals surface area contributed by atoms with Gasteiger partial charge in [-0.1, -0.05) is 0 Å². The fourth-order valence-corrected chi connectivity index (χ4v) is 3.20. The average Bonchev–Trinajstić information content (AvgIpc) is 2.42. The number of amides is 1. The zero-order valence-corrected chi connectivity index (χ0v) is 13.5. The molecule has 0 aromatic heterocycles. The highest BCUT2D eigenvalue weighted by Crippen LogP contribution is 2.34. The number of nitrogens with zero attached hydrogens (tertiary/aromatic N) is 1. The Balaban J connectivity index is 1.88. The maximum Gasteiger partial charge on any atom is 0.331 e. The van der Waals surface area contributed by atoms with E-state index in [2.05, 4.69) is 24.1 Å². The third-order valence-corrected chi connectivity index (χ3v) is 4.87. The summed E-state index contributed by atoms with van der Waals surface area (Å²) in [6.07, 6.45) is 4.15. The highest BCUT2D eigenvalue weighted by Gasteiger charge is 2.47.